The highest BCUT2D eigenvalue weighted by Gasteiger charge is 2.33. The summed E-state index contributed by atoms with van der Waals surface area (Å²) in [5, 5.41) is 5.19. The van der Waals surface area contributed by atoms with Gasteiger partial charge in [-0.2, -0.15) is 0 Å². The van der Waals surface area contributed by atoms with Crippen LogP contribution in [0.3, 0.4) is 0 Å². The first kappa shape index (κ1) is 20.3. The van der Waals surface area contributed by atoms with E-state index in [2.05, 4.69) is 19.2 Å². The lowest BCUT2D eigenvalue weighted by Gasteiger charge is -2.37. The predicted molar refractivity (Wildman–Crippen MR) is 113 cm³/mol. The van der Waals surface area contributed by atoms with Gasteiger partial charge in [0, 0.05) is 31.1 Å². The van der Waals surface area contributed by atoms with Crippen LogP contribution in [0, 0.1) is 11.8 Å². The second kappa shape index (κ2) is 8.31. The lowest BCUT2D eigenvalue weighted by Crippen LogP contribution is -2.57. The van der Waals surface area contributed by atoms with Gasteiger partial charge in [0.05, 0.1) is 5.54 Å². The number of carbonyl (C=O) groups excluding carboxylic acids is 2. The van der Waals surface area contributed by atoms with Crippen molar-refractivity contribution in [3.05, 3.63) is 48.0 Å². The van der Waals surface area contributed by atoms with Crippen LogP contribution < -0.4 is 11.1 Å². The Labute approximate surface area is 167 Å². The first-order valence-electron chi connectivity index (χ1n) is 10.1. The van der Waals surface area contributed by atoms with Gasteiger partial charge in [-0.1, -0.05) is 50.2 Å². The number of hydrogen-bond acceptors (Lipinski definition) is 3. The number of likely N-dealkylation sites (tertiary alicyclic amines) is 1. The Morgan fingerprint density at radius 2 is 1.79 bits per heavy atom. The van der Waals surface area contributed by atoms with Gasteiger partial charge in [0.15, 0.2) is 0 Å². The zero-order chi connectivity index (χ0) is 20.3. The lowest BCUT2D eigenvalue weighted by atomic mass is 9.86. The highest BCUT2D eigenvalue weighted by atomic mass is 16.2. The molecule has 0 aromatic heterocycles. The van der Waals surface area contributed by atoms with Crippen molar-refractivity contribution >= 4 is 22.6 Å². The number of amides is 2. The molecule has 2 amide bonds. The quantitative estimate of drug-likeness (QED) is 0.835. The Bertz CT molecular complexity index is 851. The third kappa shape index (κ3) is 4.04. The molecule has 5 nitrogen and oxygen atoms in total. The number of nitrogens with zero attached hydrogens (tertiary/aromatic N) is 1. The van der Waals surface area contributed by atoms with Crippen molar-refractivity contribution in [2.24, 2.45) is 17.6 Å². The van der Waals surface area contributed by atoms with Gasteiger partial charge < -0.3 is 16.0 Å². The molecule has 1 aliphatic heterocycles. The maximum Gasteiger partial charge on any atom is 0.254 e. The van der Waals surface area contributed by atoms with Crippen LogP contribution >= 0.6 is 0 Å². The number of nitrogens with two attached hydrogens (primary N) is 1. The number of hydrogen-bond donors (Lipinski definition) is 2. The minimum absolute atomic E-state index is 0.0460. The molecule has 150 valence electrons. The molecular weight excluding hydrogens is 350 g/mol. The van der Waals surface area contributed by atoms with Gasteiger partial charge >= 0.3 is 0 Å². The third-order valence-electron chi connectivity index (χ3n) is 6.28. The SMILES string of the molecule is CC(C)C(C)(CN)NC(=O)C1CCN(C(=O)c2cccc3ccccc23)CC1. The van der Waals surface area contributed by atoms with E-state index in [0.717, 1.165) is 16.3 Å². The Balaban J connectivity index is 1.65. The average Bonchev–Trinajstić information content (AvgIpc) is 2.72. The fraction of sp³-hybridized carbons (Fsp3) is 0.478. The molecule has 2 aromatic rings. The maximum absolute atomic E-state index is 13.1. The Kier molecular flexibility index (Phi) is 6.04. The number of nitrogens with one attached hydrogen (secondary N) is 1. The van der Waals surface area contributed by atoms with Crippen LogP contribution in [-0.2, 0) is 4.79 Å². The predicted octanol–water partition coefficient (Wildman–Crippen LogP) is 3.18. The first-order chi connectivity index (χ1) is 13.4. The van der Waals surface area contributed by atoms with E-state index in [1.807, 2.05) is 54.3 Å². The molecule has 0 aliphatic carbocycles. The van der Waals surface area contributed by atoms with E-state index in [9.17, 15) is 9.59 Å². The molecule has 3 rings (SSSR count). The summed E-state index contributed by atoms with van der Waals surface area (Å²) >= 11 is 0. The first-order valence-corrected chi connectivity index (χ1v) is 10.1. The monoisotopic (exact) mass is 381 g/mol. The molecule has 0 radical (unpaired) electrons. The summed E-state index contributed by atoms with van der Waals surface area (Å²) in [5.41, 5.74) is 6.23. The molecule has 3 N–H and O–H groups in total. The highest BCUT2D eigenvalue weighted by molar-refractivity contribution is 6.07. The van der Waals surface area contributed by atoms with E-state index < -0.39 is 5.54 Å². The van der Waals surface area contributed by atoms with Crippen LogP contribution in [0.5, 0.6) is 0 Å². The molecular formula is C23H31N3O2. The van der Waals surface area contributed by atoms with Crippen molar-refractivity contribution in [2.75, 3.05) is 19.6 Å². The van der Waals surface area contributed by atoms with E-state index in [-0.39, 0.29) is 23.7 Å². The van der Waals surface area contributed by atoms with Gasteiger partial charge in [0.1, 0.15) is 0 Å². The second-order valence-electron chi connectivity index (χ2n) is 8.36. The third-order valence-corrected chi connectivity index (χ3v) is 6.28. The Morgan fingerprint density at radius 1 is 1.14 bits per heavy atom. The number of fused-ring (bicyclic) bond motifs is 1. The van der Waals surface area contributed by atoms with E-state index in [1.165, 1.54) is 0 Å². The number of rotatable bonds is 5. The molecule has 0 spiro atoms. The van der Waals surface area contributed by atoms with Gasteiger partial charge in [0.25, 0.3) is 5.91 Å². The summed E-state index contributed by atoms with van der Waals surface area (Å²) in [4.78, 5) is 27.7. The van der Waals surface area contributed by atoms with Crippen LogP contribution in [0.2, 0.25) is 0 Å². The molecule has 5 heteroatoms. The molecule has 0 bridgehead atoms. The van der Waals surface area contributed by atoms with Crippen molar-refractivity contribution in [1.82, 2.24) is 10.2 Å². The van der Waals surface area contributed by atoms with Crippen LogP contribution in [0.15, 0.2) is 42.5 Å². The fourth-order valence-electron chi connectivity index (χ4n) is 3.74. The summed E-state index contributed by atoms with van der Waals surface area (Å²) in [7, 11) is 0. The van der Waals surface area contributed by atoms with Crippen LogP contribution in [-0.4, -0.2) is 41.9 Å². The molecule has 2 aromatic carbocycles. The second-order valence-corrected chi connectivity index (χ2v) is 8.36. The number of benzene rings is 2. The van der Waals surface area contributed by atoms with Crippen molar-refractivity contribution in [1.29, 1.82) is 0 Å². The largest absolute Gasteiger partial charge is 0.349 e. The smallest absolute Gasteiger partial charge is 0.254 e. The van der Waals surface area contributed by atoms with Crippen molar-refractivity contribution in [2.45, 2.75) is 39.2 Å². The lowest BCUT2D eigenvalue weighted by molar-refractivity contribution is -0.128. The molecule has 1 fully saturated rings. The van der Waals surface area contributed by atoms with Crippen LogP contribution in [0.25, 0.3) is 10.8 Å². The Hall–Kier alpha value is -2.40. The van der Waals surface area contributed by atoms with Gasteiger partial charge in [-0.25, -0.2) is 0 Å². The molecule has 28 heavy (non-hydrogen) atoms. The summed E-state index contributed by atoms with van der Waals surface area (Å²) in [6.07, 6.45) is 1.36. The fourth-order valence-corrected chi connectivity index (χ4v) is 3.74. The van der Waals surface area contributed by atoms with Gasteiger partial charge in [-0.3, -0.25) is 9.59 Å². The van der Waals surface area contributed by atoms with Crippen molar-refractivity contribution in [3.8, 4) is 0 Å². The van der Waals surface area contributed by atoms with Gasteiger partial charge in [-0.15, -0.1) is 0 Å². The number of piperidine rings is 1. The summed E-state index contributed by atoms with van der Waals surface area (Å²) < 4.78 is 0. The molecule has 1 unspecified atom stereocenters. The van der Waals surface area contributed by atoms with E-state index >= 15 is 0 Å². The highest BCUT2D eigenvalue weighted by Crippen LogP contribution is 2.25. The van der Waals surface area contributed by atoms with E-state index in [4.69, 9.17) is 5.73 Å². The molecule has 0 saturated carbocycles. The van der Waals surface area contributed by atoms with E-state index in [0.29, 0.717) is 32.5 Å². The summed E-state index contributed by atoms with van der Waals surface area (Å²) in [6, 6.07) is 13.8. The maximum atomic E-state index is 13.1. The van der Waals surface area contributed by atoms with Crippen molar-refractivity contribution < 1.29 is 9.59 Å². The Morgan fingerprint density at radius 3 is 2.43 bits per heavy atom. The molecule has 1 atom stereocenters. The summed E-state index contributed by atoms with van der Waals surface area (Å²) in [6.45, 7) is 7.74. The number of carbonyl (C=O) groups is 2. The standard InChI is InChI=1S/C23H31N3O2/c1-16(2)23(3,15-24)25-21(27)18-11-13-26(14-12-18)22(28)20-10-6-8-17-7-4-5-9-19(17)20/h4-10,16,18H,11-15,24H2,1-3H3,(H,25,27). The van der Waals surface area contributed by atoms with Gasteiger partial charge in [-0.05, 0) is 42.5 Å². The molecule has 1 saturated heterocycles. The van der Waals surface area contributed by atoms with Gasteiger partial charge in [0.2, 0.25) is 5.91 Å². The van der Waals surface area contributed by atoms with Crippen molar-refractivity contribution in [3.63, 3.8) is 0 Å². The molecule has 1 heterocycles. The molecule has 1 aliphatic rings. The minimum atomic E-state index is -0.396. The normalized spacial score (nSPS) is 17.5. The zero-order valence-electron chi connectivity index (χ0n) is 17.1. The van der Waals surface area contributed by atoms with Crippen LogP contribution in [0.1, 0.15) is 44.0 Å². The average molecular weight is 382 g/mol. The van der Waals surface area contributed by atoms with E-state index in [1.54, 1.807) is 0 Å². The summed E-state index contributed by atoms with van der Waals surface area (Å²) in [5.74, 6) is 0.291. The topological polar surface area (TPSA) is 75.4 Å². The van der Waals surface area contributed by atoms with Crippen LogP contribution in [0.4, 0.5) is 0 Å². The zero-order valence-corrected chi connectivity index (χ0v) is 17.1. The minimum Gasteiger partial charge on any atom is -0.349 e.